The summed E-state index contributed by atoms with van der Waals surface area (Å²) in [6.45, 7) is -0.429. The summed E-state index contributed by atoms with van der Waals surface area (Å²) in [6, 6.07) is 4.64. The van der Waals surface area contributed by atoms with E-state index in [1.54, 1.807) is 12.2 Å². The smallest absolute Gasteiger partial charge is 0.353 e. The summed E-state index contributed by atoms with van der Waals surface area (Å²) in [4.78, 5) is 53.7. The van der Waals surface area contributed by atoms with Gasteiger partial charge in [-0.3, -0.25) is 14.6 Å². The molecule has 0 aliphatic heterocycles. The molecule has 5 aromatic rings. The van der Waals surface area contributed by atoms with Crippen LogP contribution < -0.4 is 11.2 Å². The van der Waals surface area contributed by atoms with E-state index in [0.29, 0.717) is 0 Å². The number of hydrogen-bond donors (Lipinski definition) is 3. The first-order chi connectivity index (χ1) is 17.7. The summed E-state index contributed by atoms with van der Waals surface area (Å²) < 4.78 is 36.9. The highest BCUT2D eigenvalue weighted by Gasteiger charge is 2.31. The van der Waals surface area contributed by atoms with Crippen LogP contribution >= 0.6 is 0 Å². The van der Waals surface area contributed by atoms with Crippen molar-refractivity contribution < 1.29 is 27.9 Å². The van der Waals surface area contributed by atoms with Crippen LogP contribution in [0.1, 0.15) is 28.0 Å². The molecule has 1 aliphatic carbocycles. The standard InChI is InChI=1S/C26H15F2N3O6/c27-15-8-17-14(24(33)30-26(36)29-17)7-11(15)10-31-18-9-16(28)12-5-6-37-23(12)21(18)20(22(31)25(34)35)13-3-1-2-4-19(13)32/h1-3,5-9H,4,10H2,(H,34,35)(H2,29,30,33,36). The zero-order valence-electron chi connectivity index (χ0n) is 18.7. The number of benzene rings is 2. The van der Waals surface area contributed by atoms with Gasteiger partial charge in [0, 0.05) is 23.1 Å². The second kappa shape index (κ2) is 7.98. The molecule has 0 spiro atoms. The monoisotopic (exact) mass is 503 g/mol. The van der Waals surface area contributed by atoms with Crippen molar-refractivity contribution in [1.82, 2.24) is 14.5 Å². The van der Waals surface area contributed by atoms with Crippen molar-refractivity contribution in [1.29, 1.82) is 0 Å². The van der Waals surface area contributed by atoms with Crippen molar-refractivity contribution >= 4 is 50.1 Å². The van der Waals surface area contributed by atoms with E-state index in [0.717, 1.165) is 12.1 Å². The van der Waals surface area contributed by atoms with E-state index in [-0.39, 0.29) is 67.4 Å². The van der Waals surface area contributed by atoms with Crippen molar-refractivity contribution in [2.45, 2.75) is 13.0 Å². The van der Waals surface area contributed by atoms with Crippen molar-refractivity contribution in [3.63, 3.8) is 0 Å². The number of rotatable bonds is 4. The molecular formula is C26H15F2N3O6. The molecule has 0 saturated carbocycles. The minimum atomic E-state index is -1.43. The Kier molecular flexibility index (Phi) is 4.83. The Morgan fingerprint density at radius 3 is 2.65 bits per heavy atom. The first kappa shape index (κ1) is 22.4. The third-order valence-electron chi connectivity index (χ3n) is 6.43. The Morgan fingerprint density at radius 1 is 1.08 bits per heavy atom. The van der Waals surface area contributed by atoms with Gasteiger partial charge in [-0.15, -0.1) is 0 Å². The first-order valence-corrected chi connectivity index (χ1v) is 11.0. The number of allylic oxidation sites excluding steroid dienone is 4. The quantitative estimate of drug-likeness (QED) is 0.341. The molecule has 37 heavy (non-hydrogen) atoms. The summed E-state index contributed by atoms with van der Waals surface area (Å²) in [6.07, 6.45) is 6.01. The number of furan rings is 1. The van der Waals surface area contributed by atoms with E-state index in [1.807, 2.05) is 0 Å². The number of aromatic nitrogens is 3. The molecule has 11 heteroatoms. The second-order valence-corrected chi connectivity index (χ2v) is 8.56. The third-order valence-corrected chi connectivity index (χ3v) is 6.43. The van der Waals surface area contributed by atoms with E-state index in [9.17, 15) is 24.3 Å². The molecule has 0 fully saturated rings. The van der Waals surface area contributed by atoms with E-state index >= 15 is 8.78 Å². The molecule has 184 valence electrons. The fraction of sp³-hybridized carbons (Fsp3) is 0.0769. The molecular weight excluding hydrogens is 488 g/mol. The maximum atomic E-state index is 15.1. The van der Waals surface area contributed by atoms with Crippen molar-refractivity contribution in [2.75, 3.05) is 0 Å². The van der Waals surface area contributed by atoms with E-state index in [4.69, 9.17) is 4.42 Å². The van der Waals surface area contributed by atoms with Gasteiger partial charge in [0.1, 0.15) is 22.9 Å². The van der Waals surface area contributed by atoms with Crippen LogP contribution in [0, 0.1) is 11.6 Å². The van der Waals surface area contributed by atoms with E-state index in [1.165, 1.54) is 29.0 Å². The Balaban J connectivity index is 1.71. The SMILES string of the molecule is O=C1CC=CC=C1c1c(C(=O)O)n(Cc2cc3c(=O)[nH]c(=O)[nH]c3cc2F)c2cc(F)c3ccoc3c12. The van der Waals surface area contributed by atoms with Crippen LogP contribution in [0.5, 0.6) is 0 Å². The normalized spacial score (nSPS) is 13.7. The third kappa shape index (κ3) is 3.35. The highest BCUT2D eigenvalue weighted by molar-refractivity contribution is 6.29. The topological polar surface area (TPSA) is 138 Å². The lowest BCUT2D eigenvalue weighted by molar-refractivity contribution is -0.113. The molecule has 2 aromatic carbocycles. The molecule has 3 N–H and O–H groups in total. The number of aromatic amines is 2. The van der Waals surface area contributed by atoms with Crippen LogP contribution in [0.15, 0.2) is 62.8 Å². The van der Waals surface area contributed by atoms with Crippen LogP contribution in [-0.4, -0.2) is 31.4 Å². The van der Waals surface area contributed by atoms with Gasteiger partial charge in [0.25, 0.3) is 5.56 Å². The molecule has 9 nitrogen and oxygen atoms in total. The second-order valence-electron chi connectivity index (χ2n) is 8.56. The molecule has 0 amide bonds. The predicted molar refractivity (Wildman–Crippen MR) is 130 cm³/mol. The van der Waals surface area contributed by atoms with Crippen molar-refractivity contribution in [2.24, 2.45) is 0 Å². The highest BCUT2D eigenvalue weighted by atomic mass is 19.1. The van der Waals surface area contributed by atoms with Gasteiger partial charge in [-0.25, -0.2) is 18.4 Å². The van der Waals surface area contributed by atoms with Gasteiger partial charge in [-0.05, 0) is 24.3 Å². The number of carboxylic acids is 1. The number of fused-ring (bicyclic) bond motifs is 4. The van der Waals surface area contributed by atoms with Gasteiger partial charge >= 0.3 is 11.7 Å². The number of H-pyrrole nitrogens is 2. The highest BCUT2D eigenvalue weighted by Crippen LogP contribution is 2.40. The van der Waals surface area contributed by atoms with Gasteiger partial charge in [-0.2, -0.15) is 0 Å². The number of hydrogen-bond acceptors (Lipinski definition) is 5. The fourth-order valence-electron chi connectivity index (χ4n) is 4.84. The largest absolute Gasteiger partial charge is 0.477 e. The van der Waals surface area contributed by atoms with Crippen molar-refractivity contribution in [3.8, 4) is 0 Å². The van der Waals surface area contributed by atoms with Crippen LogP contribution in [0.2, 0.25) is 0 Å². The van der Waals surface area contributed by atoms with E-state index < -0.39 is 35.4 Å². The summed E-state index contributed by atoms with van der Waals surface area (Å²) in [5, 5.41) is 10.5. The molecule has 0 atom stereocenters. The van der Waals surface area contributed by atoms with E-state index in [2.05, 4.69) is 9.97 Å². The van der Waals surface area contributed by atoms with Gasteiger partial charge in [-0.1, -0.05) is 18.2 Å². The van der Waals surface area contributed by atoms with Gasteiger partial charge in [0.15, 0.2) is 5.78 Å². The Labute approximate surface area is 203 Å². The lowest BCUT2D eigenvalue weighted by atomic mass is 9.93. The number of nitrogens with one attached hydrogen (secondary N) is 2. The predicted octanol–water partition coefficient (Wildman–Crippen LogP) is 3.85. The van der Waals surface area contributed by atoms with Gasteiger partial charge < -0.3 is 19.1 Å². The summed E-state index contributed by atoms with van der Waals surface area (Å²) in [7, 11) is 0. The summed E-state index contributed by atoms with van der Waals surface area (Å²) >= 11 is 0. The molecule has 0 radical (unpaired) electrons. The average Bonchev–Trinajstić information content (AvgIpc) is 3.44. The fourth-order valence-corrected chi connectivity index (χ4v) is 4.84. The van der Waals surface area contributed by atoms with Gasteiger partial charge in [0.2, 0.25) is 0 Å². The Bertz CT molecular complexity index is 2000. The summed E-state index contributed by atoms with van der Waals surface area (Å²) in [5.74, 6) is -3.31. The minimum absolute atomic E-state index is 0.0279. The van der Waals surface area contributed by atoms with Crippen LogP contribution in [0.25, 0.3) is 38.3 Å². The number of ketones is 1. The average molecular weight is 503 g/mol. The molecule has 0 unspecified atom stereocenters. The Hall–Kier alpha value is -5.06. The minimum Gasteiger partial charge on any atom is -0.477 e. The lowest BCUT2D eigenvalue weighted by Crippen LogP contribution is -2.22. The zero-order chi connectivity index (χ0) is 26.0. The molecule has 1 aliphatic rings. The molecule has 0 bridgehead atoms. The number of carbonyl (C=O) groups is 2. The van der Waals surface area contributed by atoms with Crippen LogP contribution in [0.3, 0.4) is 0 Å². The Morgan fingerprint density at radius 2 is 1.89 bits per heavy atom. The van der Waals surface area contributed by atoms with Gasteiger partial charge in [0.05, 0.1) is 40.0 Å². The molecule has 3 aromatic heterocycles. The maximum absolute atomic E-state index is 15.1. The van der Waals surface area contributed by atoms with Crippen LogP contribution in [0.4, 0.5) is 8.78 Å². The number of nitrogens with zero attached hydrogens (tertiary/aromatic N) is 1. The number of aromatic carboxylic acids is 1. The molecule has 3 heterocycles. The lowest BCUT2D eigenvalue weighted by Gasteiger charge is -2.12. The molecule has 6 rings (SSSR count). The zero-order valence-corrected chi connectivity index (χ0v) is 18.7. The first-order valence-electron chi connectivity index (χ1n) is 11.0. The van der Waals surface area contributed by atoms with Crippen molar-refractivity contribution in [3.05, 3.63) is 98.1 Å². The number of carbonyl (C=O) groups excluding carboxylic acids is 1. The molecule has 0 saturated heterocycles. The number of halogens is 2. The number of carboxylic acid groups (broad SMARTS) is 1. The maximum Gasteiger partial charge on any atom is 0.353 e. The number of Topliss-reactive ketones (excluding diaryl/α,β-unsaturated/α-hetero) is 1. The van der Waals surface area contributed by atoms with Crippen LogP contribution in [-0.2, 0) is 11.3 Å². The summed E-state index contributed by atoms with van der Waals surface area (Å²) in [5.41, 5.74) is -1.85.